The minimum Gasteiger partial charge on any atom is -0.382 e. The van der Waals surface area contributed by atoms with Crippen LogP contribution in [-0.2, 0) is 4.74 Å². The zero-order chi connectivity index (χ0) is 20.5. The molecular weight excluding hydrogens is 386 g/mol. The fraction of sp³-hybridized carbons (Fsp3) is 0.455. The number of nitrogens with zero attached hydrogens (tertiary/aromatic N) is 1. The number of anilines is 2. The molecule has 0 unspecified atom stereocenters. The van der Waals surface area contributed by atoms with Crippen molar-refractivity contribution in [1.29, 1.82) is 0 Å². The summed E-state index contributed by atoms with van der Waals surface area (Å²) in [5.74, 6) is -0.275. The minimum absolute atomic E-state index is 0.116. The number of rotatable bonds is 9. The van der Waals surface area contributed by atoms with Gasteiger partial charge in [-0.1, -0.05) is 6.07 Å². The molecule has 1 aromatic heterocycles. The van der Waals surface area contributed by atoms with Crippen LogP contribution in [0.25, 0.3) is 0 Å². The summed E-state index contributed by atoms with van der Waals surface area (Å²) in [5.41, 5.74) is 2.16. The average molecular weight is 416 g/mol. The normalized spacial score (nSPS) is 13.9. The Bertz CT molecular complexity index is 802. The molecule has 0 spiro atoms. The summed E-state index contributed by atoms with van der Waals surface area (Å²) in [4.78, 5) is 28.2. The number of benzene rings is 1. The van der Waals surface area contributed by atoms with Crippen LogP contribution in [0.15, 0.2) is 35.7 Å². The van der Waals surface area contributed by atoms with E-state index in [1.165, 1.54) is 17.8 Å². The van der Waals surface area contributed by atoms with Crippen molar-refractivity contribution in [2.75, 3.05) is 43.1 Å². The van der Waals surface area contributed by atoms with E-state index in [-0.39, 0.29) is 11.8 Å². The predicted molar refractivity (Wildman–Crippen MR) is 118 cm³/mol. The predicted octanol–water partition coefficient (Wildman–Crippen LogP) is 4.15. The van der Waals surface area contributed by atoms with E-state index in [0.717, 1.165) is 38.0 Å². The van der Waals surface area contributed by atoms with Crippen molar-refractivity contribution in [2.24, 2.45) is 0 Å². The van der Waals surface area contributed by atoms with Gasteiger partial charge in [0, 0.05) is 44.2 Å². The summed E-state index contributed by atoms with van der Waals surface area (Å²) in [7, 11) is 0. The van der Waals surface area contributed by atoms with E-state index in [1.54, 1.807) is 12.1 Å². The molecule has 0 aliphatic carbocycles. The van der Waals surface area contributed by atoms with Gasteiger partial charge in [0.05, 0.1) is 10.4 Å². The van der Waals surface area contributed by atoms with Crippen LogP contribution in [0.2, 0.25) is 0 Å². The molecule has 0 atom stereocenters. The van der Waals surface area contributed by atoms with E-state index in [9.17, 15) is 9.59 Å². The zero-order valence-corrected chi connectivity index (χ0v) is 17.7. The first-order valence-corrected chi connectivity index (χ1v) is 11.2. The average Bonchev–Trinajstić information content (AvgIpc) is 3.29. The molecule has 1 aliphatic rings. The highest BCUT2D eigenvalue weighted by molar-refractivity contribution is 7.12. The standard InChI is InChI=1S/C22H29N3O3S/c1-2-28-14-7-11-23-21(26)18-16-17(24-22(27)20-8-6-15-29-20)9-10-19(18)25-12-4-3-5-13-25/h6,8-10,15-16H,2-5,7,11-14H2,1H3,(H,23,26)(H,24,27). The molecule has 1 aliphatic heterocycles. The second-order valence-corrected chi connectivity index (χ2v) is 7.97. The third-order valence-electron chi connectivity index (χ3n) is 4.90. The molecule has 1 saturated heterocycles. The Labute approximate surface area is 176 Å². The summed E-state index contributed by atoms with van der Waals surface area (Å²) in [5, 5.41) is 7.77. The Morgan fingerprint density at radius 3 is 2.69 bits per heavy atom. The van der Waals surface area contributed by atoms with Gasteiger partial charge in [0.15, 0.2) is 0 Å². The topological polar surface area (TPSA) is 70.7 Å². The Hall–Kier alpha value is -2.38. The fourth-order valence-electron chi connectivity index (χ4n) is 3.42. The van der Waals surface area contributed by atoms with Gasteiger partial charge in [0.25, 0.3) is 11.8 Å². The Balaban J connectivity index is 1.75. The highest BCUT2D eigenvalue weighted by Crippen LogP contribution is 2.27. The molecule has 2 aromatic rings. The molecule has 156 valence electrons. The van der Waals surface area contributed by atoms with Crippen LogP contribution < -0.4 is 15.5 Å². The number of carbonyl (C=O) groups excluding carboxylic acids is 2. The molecule has 1 aromatic carbocycles. The molecule has 2 amide bonds. The van der Waals surface area contributed by atoms with E-state index in [1.807, 2.05) is 30.5 Å². The monoisotopic (exact) mass is 415 g/mol. The summed E-state index contributed by atoms with van der Waals surface area (Å²) in [6.45, 7) is 5.73. The van der Waals surface area contributed by atoms with Crippen molar-refractivity contribution in [3.8, 4) is 0 Å². The second-order valence-electron chi connectivity index (χ2n) is 7.02. The largest absolute Gasteiger partial charge is 0.382 e. The Morgan fingerprint density at radius 2 is 1.97 bits per heavy atom. The molecule has 3 rings (SSSR count). The molecule has 2 N–H and O–H groups in total. The summed E-state index contributed by atoms with van der Waals surface area (Å²) in [6, 6.07) is 9.24. The van der Waals surface area contributed by atoms with Crippen molar-refractivity contribution in [3.63, 3.8) is 0 Å². The van der Waals surface area contributed by atoms with Crippen LogP contribution in [-0.4, -0.2) is 44.7 Å². The fourth-order valence-corrected chi connectivity index (χ4v) is 4.04. The van der Waals surface area contributed by atoms with Crippen molar-refractivity contribution in [1.82, 2.24) is 5.32 Å². The van der Waals surface area contributed by atoms with Crippen molar-refractivity contribution >= 4 is 34.5 Å². The van der Waals surface area contributed by atoms with Gasteiger partial charge in [-0.15, -0.1) is 11.3 Å². The number of ether oxygens (including phenoxy) is 1. The lowest BCUT2D eigenvalue weighted by Gasteiger charge is -2.30. The number of hydrogen-bond acceptors (Lipinski definition) is 5. The number of amides is 2. The zero-order valence-electron chi connectivity index (χ0n) is 16.9. The van der Waals surface area contributed by atoms with E-state index < -0.39 is 0 Å². The van der Waals surface area contributed by atoms with E-state index in [2.05, 4.69) is 15.5 Å². The third kappa shape index (κ3) is 6.05. The number of thiophene rings is 1. The third-order valence-corrected chi connectivity index (χ3v) is 5.76. The number of nitrogens with one attached hydrogen (secondary N) is 2. The first-order chi connectivity index (χ1) is 14.2. The van der Waals surface area contributed by atoms with Gasteiger partial charge in [0.2, 0.25) is 0 Å². The van der Waals surface area contributed by atoms with Crippen molar-refractivity contribution in [2.45, 2.75) is 32.6 Å². The lowest BCUT2D eigenvalue weighted by Crippen LogP contribution is -2.33. The van der Waals surface area contributed by atoms with Gasteiger partial charge in [-0.05, 0) is 62.3 Å². The lowest BCUT2D eigenvalue weighted by atomic mass is 10.1. The number of piperidine rings is 1. The smallest absolute Gasteiger partial charge is 0.265 e. The summed E-state index contributed by atoms with van der Waals surface area (Å²) in [6.07, 6.45) is 4.26. The maximum Gasteiger partial charge on any atom is 0.265 e. The molecule has 0 bridgehead atoms. The number of hydrogen-bond donors (Lipinski definition) is 2. The second kappa shape index (κ2) is 11.0. The minimum atomic E-state index is -0.159. The van der Waals surface area contributed by atoms with Gasteiger partial charge in [-0.25, -0.2) is 0 Å². The van der Waals surface area contributed by atoms with Crippen molar-refractivity contribution in [3.05, 3.63) is 46.2 Å². The first kappa shape index (κ1) is 21.3. The molecule has 0 radical (unpaired) electrons. The highest BCUT2D eigenvalue weighted by Gasteiger charge is 2.20. The van der Waals surface area contributed by atoms with Gasteiger partial charge in [0.1, 0.15) is 0 Å². The molecule has 0 saturated carbocycles. The molecule has 1 fully saturated rings. The Morgan fingerprint density at radius 1 is 1.14 bits per heavy atom. The molecule has 6 nitrogen and oxygen atoms in total. The summed E-state index contributed by atoms with van der Waals surface area (Å²) < 4.78 is 5.33. The molecule has 2 heterocycles. The van der Waals surface area contributed by atoms with Crippen LogP contribution in [0.3, 0.4) is 0 Å². The molecule has 7 heteroatoms. The van der Waals surface area contributed by atoms with Crippen LogP contribution >= 0.6 is 11.3 Å². The van der Waals surface area contributed by atoms with Crippen molar-refractivity contribution < 1.29 is 14.3 Å². The molecular formula is C22H29N3O3S. The highest BCUT2D eigenvalue weighted by atomic mass is 32.1. The maximum atomic E-state index is 12.9. The maximum absolute atomic E-state index is 12.9. The molecule has 29 heavy (non-hydrogen) atoms. The lowest BCUT2D eigenvalue weighted by molar-refractivity contribution is 0.0943. The first-order valence-electron chi connectivity index (χ1n) is 10.3. The Kier molecular flexibility index (Phi) is 8.07. The summed E-state index contributed by atoms with van der Waals surface area (Å²) >= 11 is 1.39. The van der Waals surface area contributed by atoms with Crippen LogP contribution in [0, 0.1) is 0 Å². The quantitative estimate of drug-likeness (QED) is 0.604. The van der Waals surface area contributed by atoms with Crippen LogP contribution in [0.5, 0.6) is 0 Å². The van der Waals surface area contributed by atoms with E-state index in [4.69, 9.17) is 4.74 Å². The van der Waals surface area contributed by atoms with Crippen LogP contribution in [0.4, 0.5) is 11.4 Å². The van der Waals surface area contributed by atoms with Gasteiger partial charge in [-0.2, -0.15) is 0 Å². The SMILES string of the molecule is CCOCCCNC(=O)c1cc(NC(=O)c2cccs2)ccc1N1CCCCC1. The van der Waals surface area contributed by atoms with E-state index >= 15 is 0 Å². The number of carbonyl (C=O) groups is 2. The van der Waals surface area contributed by atoms with E-state index in [0.29, 0.717) is 35.9 Å². The van der Waals surface area contributed by atoms with Crippen LogP contribution in [0.1, 0.15) is 52.6 Å². The van der Waals surface area contributed by atoms with Gasteiger partial charge in [-0.3, -0.25) is 9.59 Å². The van der Waals surface area contributed by atoms with Gasteiger partial charge >= 0.3 is 0 Å². The van der Waals surface area contributed by atoms with Gasteiger partial charge < -0.3 is 20.3 Å².